The fraction of sp³-hybridized carbons (Fsp3) is 0.714. The third-order valence-corrected chi connectivity index (χ3v) is 9.71. The van der Waals surface area contributed by atoms with Crippen molar-refractivity contribution < 1.29 is 9.59 Å². The van der Waals surface area contributed by atoms with Crippen LogP contribution >= 0.6 is 11.3 Å². The van der Waals surface area contributed by atoms with Gasteiger partial charge in [0, 0.05) is 25.2 Å². The Hall–Kier alpha value is -1.86. The van der Waals surface area contributed by atoms with Gasteiger partial charge in [0.1, 0.15) is 11.2 Å². The number of amides is 2. The number of fused-ring (bicyclic) bond motifs is 3. The maximum Gasteiger partial charge on any atom is 0.271 e. The van der Waals surface area contributed by atoms with Crippen LogP contribution in [0.2, 0.25) is 0 Å². The summed E-state index contributed by atoms with van der Waals surface area (Å²) in [5.74, 6) is 0.00600. The van der Waals surface area contributed by atoms with Crippen LogP contribution in [0.5, 0.6) is 0 Å². The molecule has 35 heavy (non-hydrogen) atoms. The van der Waals surface area contributed by atoms with Crippen LogP contribution in [0.15, 0.2) is 17.5 Å². The Balaban J connectivity index is 1.39. The minimum absolute atomic E-state index is 0.00740. The topological polar surface area (TPSA) is 57.6 Å². The normalized spacial score (nSPS) is 25.0. The van der Waals surface area contributed by atoms with Crippen molar-refractivity contribution in [3.05, 3.63) is 23.2 Å². The summed E-state index contributed by atoms with van der Waals surface area (Å²) in [6.45, 7) is 3.89. The van der Waals surface area contributed by atoms with Gasteiger partial charge in [-0.3, -0.25) is 9.59 Å². The van der Waals surface area contributed by atoms with Gasteiger partial charge in [0.25, 0.3) is 5.91 Å². The van der Waals surface area contributed by atoms with Gasteiger partial charge < -0.3 is 19.7 Å². The highest BCUT2D eigenvalue weighted by Gasteiger charge is 2.48. The fourth-order valence-corrected chi connectivity index (χ4v) is 7.35. The van der Waals surface area contributed by atoms with Crippen LogP contribution in [0.3, 0.4) is 0 Å². The Kier molecular flexibility index (Phi) is 7.54. The van der Waals surface area contributed by atoms with Crippen molar-refractivity contribution in [2.45, 2.75) is 108 Å². The molecule has 7 heteroatoms. The molecule has 0 radical (unpaired) electrons. The summed E-state index contributed by atoms with van der Waals surface area (Å²) < 4.78 is 3.21. The molecule has 2 fully saturated rings. The molecule has 0 unspecified atom stereocenters. The van der Waals surface area contributed by atoms with E-state index in [1.165, 1.54) is 64.2 Å². The molecule has 0 bridgehead atoms. The van der Waals surface area contributed by atoms with Crippen LogP contribution in [-0.4, -0.2) is 63.9 Å². The molecule has 192 valence electrons. The number of hydrogen-bond donors (Lipinski definition) is 1. The summed E-state index contributed by atoms with van der Waals surface area (Å²) in [4.78, 5) is 32.2. The average molecular weight is 499 g/mol. The molecule has 3 heterocycles. The Bertz CT molecular complexity index is 1030. The second-order valence-electron chi connectivity index (χ2n) is 11.3. The van der Waals surface area contributed by atoms with Crippen LogP contribution in [0.1, 0.15) is 94.5 Å². The lowest BCUT2D eigenvalue weighted by atomic mass is 9.91. The predicted octanol–water partition coefficient (Wildman–Crippen LogP) is 5.41. The molecule has 3 aliphatic rings. The van der Waals surface area contributed by atoms with Crippen molar-refractivity contribution in [3.8, 4) is 0 Å². The number of hydrogen-bond acceptors (Lipinski definition) is 4. The first-order valence-corrected chi connectivity index (χ1v) is 14.8. The lowest BCUT2D eigenvalue weighted by Gasteiger charge is -2.45. The molecule has 0 aromatic carbocycles. The monoisotopic (exact) mass is 498 g/mol. The highest BCUT2D eigenvalue weighted by molar-refractivity contribution is 7.17. The molecule has 0 spiro atoms. The minimum atomic E-state index is -0.895. The number of rotatable bonds is 6. The predicted molar refractivity (Wildman–Crippen MR) is 143 cm³/mol. The number of aromatic nitrogens is 1. The number of thiophene rings is 1. The van der Waals surface area contributed by atoms with E-state index in [1.807, 2.05) is 17.9 Å². The van der Waals surface area contributed by atoms with Gasteiger partial charge in [0.15, 0.2) is 0 Å². The minimum Gasteiger partial charge on any atom is -0.351 e. The van der Waals surface area contributed by atoms with E-state index < -0.39 is 5.54 Å². The summed E-state index contributed by atoms with van der Waals surface area (Å²) in [5, 5.41) is 5.48. The Labute approximate surface area is 214 Å². The molecule has 2 amide bonds. The van der Waals surface area contributed by atoms with E-state index in [1.54, 1.807) is 11.3 Å². The lowest BCUT2D eigenvalue weighted by Crippen LogP contribution is -2.65. The lowest BCUT2D eigenvalue weighted by molar-refractivity contribution is -0.133. The molecule has 1 atom stereocenters. The van der Waals surface area contributed by atoms with Crippen LogP contribution in [0.4, 0.5) is 0 Å². The third kappa shape index (κ3) is 5.04. The first-order chi connectivity index (χ1) is 17.0. The van der Waals surface area contributed by atoms with Crippen molar-refractivity contribution in [3.63, 3.8) is 0 Å². The molecular formula is C28H42N4O2S. The van der Waals surface area contributed by atoms with Gasteiger partial charge in [0.05, 0.1) is 16.8 Å². The van der Waals surface area contributed by atoms with Gasteiger partial charge in [-0.05, 0) is 57.2 Å². The Morgan fingerprint density at radius 3 is 2.49 bits per heavy atom. The van der Waals surface area contributed by atoms with Crippen LogP contribution in [-0.2, 0) is 11.3 Å². The molecule has 2 saturated carbocycles. The van der Waals surface area contributed by atoms with Gasteiger partial charge in [0.2, 0.25) is 5.91 Å². The van der Waals surface area contributed by atoms with Crippen LogP contribution in [0.25, 0.3) is 10.2 Å². The highest BCUT2D eigenvalue weighted by atomic mass is 32.1. The summed E-state index contributed by atoms with van der Waals surface area (Å²) >= 11 is 1.66. The molecule has 1 aliphatic heterocycles. The van der Waals surface area contributed by atoms with Gasteiger partial charge in [-0.15, -0.1) is 11.3 Å². The summed E-state index contributed by atoms with van der Waals surface area (Å²) in [7, 11) is 2.19. The Morgan fingerprint density at radius 1 is 1.09 bits per heavy atom. The largest absolute Gasteiger partial charge is 0.351 e. The van der Waals surface area contributed by atoms with E-state index in [2.05, 4.69) is 33.3 Å². The zero-order chi connectivity index (χ0) is 24.4. The second kappa shape index (κ2) is 10.6. The second-order valence-corrected chi connectivity index (χ2v) is 12.3. The van der Waals surface area contributed by atoms with Gasteiger partial charge in [-0.25, -0.2) is 0 Å². The van der Waals surface area contributed by atoms with Gasteiger partial charge in [-0.1, -0.05) is 51.4 Å². The first-order valence-electron chi connectivity index (χ1n) is 13.9. The Morgan fingerprint density at radius 2 is 1.74 bits per heavy atom. The van der Waals surface area contributed by atoms with Crippen molar-refractivity contribution in [1.29, 1.82) is 0 Å². The zero-order valence-corrected chi connectivity index (χ0v) is 22.4. The number of carbonyl (C=O) groups is 2. The quantitative estimate of drug-likeness (QED) is 0.579. The van der Waals surface area contributed by atoms with Crippen molar-refractivity contribution in [2.75, 3.05) is 20.1 Å². The molecule has 1 N–H and O–H groups in total. The fourth-order valence-electron chi connectivity index (χ4n) is 6.53. The highest BCUT2D eigenvalue weighted by Crippen LogP contribution is 2.35. The van der Waals surface area contributed by atoms with Crippen molar-refractivity contribution in [2.24, 2.45) is 0 Å². The summed E-state index contributed by atoms with van der Waals surface area (Å²) in [6, 6.07) is 4.91. The molecule has 0 saturated heterocycles. The standard InChI is InChI=1S/C28H42N4O2S/c1-28(27(34)29-21-11-7-4-3-5-8-12-21)20-31-23-15-18-35-25(23)19-24(31)26(33)32(28)17-16-30(2)22-13-9-6-10-14-22/h15,18-19,21-22H,3-14,16-17,20H2,1-2H3,(H,29,34)/t28-/m0/s1. The molecule has 5 rings (SSSR count). The molecule has 2 aromatic rings. The van der Waals surface area contributed by atoms with Gasteiger partial charge >= 0.3 is 0 Å². The smallest absolute Gasteiger partial charge is 0.271 e. The zero-order valence-electron chi connectivity index (χ0n) is 21.6. The molecule has 2 aliphatic carbocycles. The van der Waals surface area contributed by atoms with E-state index in [-0.39, 0.29) is 17.9 Å². The van der Waals surface area contributed by atoms with E-state index in [9.17, 15) is 9.59 Å². The van der Waals surface area contributed by atoms with E-state index in [4.69, 9.17) is 0 Å². The maximum absolute atomic E-state index is 14.0. The number of nitrogens with zero attached hydrogens (tertiary/aromatic N) is 3. The average Bonchev–Trinajstić information content (AvgIpc) is 3.43. The summed E-state index contributed by atoms with van der Waals surface area (Å²) in [6.07, 6.45) is 14.7. The van der Waals surface area contributed by atoms with Gasteiger partial charge in [-0.2, -0.15) is 0 Å². The molecule has 2 aromatic heterocycles. The third-order valence-electron chi connectivity index (χ3n) is 8.85. The van der Waals surface area contributed by atoms with E-state index in [0.29, 0.717) is 19.1 Å². The van der Waals surface area contributed by atoms with Crippen molar-refractivity contribution >= 4 is 33.4 Å². The number of likely N-dealkylation sites (N-methyl/N-ethyl adjacent to an activating group) is 1. The van der Waals surface area contributed by atoms with Crippen LogP contribution in [0, 0.1) is 0 Å². The molecule has 6 nitrogen and oxygen atoms in total. The van der Waals surface area contributed by atoms with E-state index >= 15 is 0 Å². The van der Waals surface area contributed by atoms with Crippen LogP contribution < -0.4 is 5.32 Å². The number of carbonyl (C=O) groups excluding carboxylic acids is 2. The first kappa shape index (κ1) is 24.8. The van der Waals surface area contributed by atoms with E-state index in [0.717, 1.165) is 35.3 Å². The number of nitrogens with one attached hydrogen (secondary N) is 1. The summed E-state index contributed by atoms with van der Waals surface area (Å²) in [5.41, 5.74) is 0.902. The maximum atomic E-state index is 14.0. The van der Waals surface area contributed by atoms with Crippen molar-refractivity contribution in [1.82, 2.24) is 19.7 Å². The molecular weight excluding hydrogens is 456 g/mol. The SMILES string of the molecule is CN(CCN1C(=O)c2cc3sccc3n2C[C@@]1(C)C(=O)NC1CCCCCCC1)C1CCCCC1.